The van der Waals surface area contributed by atoms with Crippen LogP contribution in [0.1, 0.15) is 30.9 Å². The molecular formula is C36H27BrN4. The number of halogens is 1. The minimum atomic E-state index is 0.000810. The van der Waals surface area contributed by atoms with E-state index >= 15 is 0 Å². The van der Waals surface area contributed by atoms with Crippen molar-refractivity contribution in [3.63, 3.8) is 0 Å². The molecule has 4 nitrogen and oxygen atoms in total. The van der Waals surface area contributed by atoms with E-state index in [0.717, 1.165) is 26.5 Å². The summed E-state index contributed by atoms with van der Waals surface area (Å²) in [6.45, 7) is 4.75. The summed E-state index contributed by atoms with van der Waals surface area (Å²) >= 11 is 3.74. The van der Waals surface area contributed by atoms with Gasteiger partial charge in [-0.3, -0.25) is 4.57 Å². The molecule has 198 valence electrons. The van der Waals surface area contributed by atoms with Crippen LogP contribution in [0, 0.1) is 5.92 Å². The summed E-state index contributed by atoms with van der Waals surface area (Å²) in [7, 11) is 0. The van der Waals surface area contributed by atoms with Gasteiger partial charge in [0.05, 0.1) is 10.9 Å². The van der Waals surface area contributed by atoms with E-state index in [9.17, 15) is 0 Å². The third-order valence-electron chi connectivity index (χ3n) is 8.81. The zero-order valence-electron chi connectivity index (χ0n) is 22.8. The van der Waals surface area contributed by atoms with E-state index in [1.54, 1.807) is 0 Å². The maximum absolute atomic E-state index is 5.11. The number of hydrogen-bond acceptors (Lipinski definition) is 3. The molecule has 4 aromatic carbocycles. The van der Waals surface area contributed by atoms with Crippen molar-refractivity contribution in [1.29, 1.82) is 0 Å². The fourth-order valence-electron chi connectivity index (χ4n) is 6.81. The average molecular weight is 596 g/mol. The van der Waals surface area contributed by atoms with Gasteiger partial charge in [-0.1, -0.05) is 127 Å². The summed E-state index contributed by atoms with van der Waals surface area (Å²) in [5, 5.41) is 3.57. The van der Waals surface area contributed by atoms with Gasteiger partial charge in [-0.05, 0) is 40.7 Å². The van der Waals surface area contributed by atoms with Crippen molar-refractivity contribution in [3.8, 4) is 28.7 Å². The number of hydrogen-bond donors (Lipinski definition) is 0. The Morgan fingerprint density at radius 1 is 0.707 bits per heavy atom. The summed E-state index contributed by atoms with van der Waals surface area (Å²) in [6, 6.07) is 35.7. The van der Waals surface area contributed by atoms with Crippen molar-refractivity contribution in [3.05, 3.63) is 129 Å². The first kappa shape index (κ1) is 24.4. The van der Waals surface area contributed by atoms with Crippen LogP contribution >= 0.6 is 15.9 Å². The Balaban J connectivity index is 1.45. The monoisotopic (exact) mass is 594 g/mol. The molecule has 41 heavy (non-hydrogen) atoms. The molecule has 2 aliphatic carbocycles. The molecule has 2 aliphatic rings. The Morgan fingerprint density at radius 2 is 1.34 bits per heavy atom. The van der Waals surface area contributed by atoms with Crippen molar-refractivity contribution >= 4 is 39.0 Å². The molecule has 2 aromatic heterocycles. The number of nitrogens with zero attached hydrogens (tertiary/aromatic N) is 4. The third kappa shape index (κ3) is 3.76. The number of rotatable bonds is 3. The highest BCUT2D eigenvalue weighted by Gasteiger charge is 2.45. The van der Waals surface area contributed by atoms with Crippen molar-refractivity contribution in [1.82, 2.24) is 19.5 Å². The highest BCUT2D eigenvalue weighted by atomic mass is 79.9. The Labute approximate surface area is 246 Å². The second-order valence-electron chi connectivity index (χ2n) is 11.5. The van der Waals surface area contributed by atoms with Gasteiger partial charge in [0, 0.05) is 32.1 Å². The summed E-state index contributed by atoms with van der Waals surface area (Å²) in [5.74, 6) is 2.59. The van der Waals surface area contributed by atoms with E-state index in [0.29, 0.717) is 29.4 Å². The van der Waals surface area contributed by atoms with Crippen LogP contribution in [0.3, 0.4) is 0 Å². The van der Waals surface area contributed by atoms with Crippen LogP contribution in [-0.2, 0) is 5.41 Å². The molecule has 0 saturated heterocycles. The van der Waals surface area contributed by atoms with Crippen LogP contribution in [-0.4, -0.2) is 19.5 Å². The predicted octanol–water partition coefficient (Wildman–Crippen LogP) is 7.18. The fraction of sp³-hybridized carbons (Fsp3) is 0.139. The smallest absolute Gasteiger partial charge is 0.238 e. The first-order chi connectivity index (χ1) is 20.0. The zero-order chi connectivity index (χ0) is 27.7. The molecule has 6 aromatic rings. The minimum absolute atomic E-state index is 0.000810. The average Bonchev–Trinajstić information content (AvgIpc) is 3.45. The second kappa shape index (κ2) is 9.08. The van der Waals surface area contributed by atoms with Crippen molar-refractivity contribution in [2.75, 3.05) is 0 Å². The summed E-state index contributed by atoms with van der Waals surface area (Å²) in [4.78, 5) is 15.1. The first-order valence-electron chi connectivity index (χ1n) is 14.0. The summed E-state index contributed by atoms with van der Waals surface area (Å²) < 4.78 is 3.29. The van der Waals surface area contributed by atoms with Crippen molar-refractivity contribution in [2.45, 2.75) is 25.2 Å². The quantitative estimate of drug-likeness (QED) is 0.218. The van der Waals surface area contributed by atoms with Gasteiger partial charge in [0.25, 0.3) is 0 Å². The van der Waals surface area contributed by atoms with Crippen LogP contribution in [0.5, 0.6) is 0 Å². The van der Waals surface area contributed by atoms with Gasteiger partial charge < -0.3 is 0 Å². The zero-order valence-corrected chi connectivity index (χ0v) is 24.4. The molecule has 2 heterocycles. The van der Waals surface area contributed by atoms with E-state index in [-0.39, 0.29) is 5.41 Å². The van der Waals surface area contributed by atoms with Gasteiger partial charge in [-0.2, -0.15) is 9.97 Å². The fourth-order valence-corrected chi connectivity index (χ4v) is 7.17. The van der Waals surface area contributed by atoms with Crippen molar-refractivity contribution in [2.24, 2.45) is 5.92 Å². The lowest BCUT2D eigenvalue weighted by Gasteiger charge is -2.29. The van der Waals surface area contributed by atoms with Crippen molar-refractivity contribution < 1.29 is 0 Å². The second-order valence-corrected chi connectivity index (χ2v) is 12.4. The van der Waals surface area contributed by atoms with Gasteiger partial charge in [0.1, 0.15) is 0 Å². The normalized spacial score (nSPS) is 18.2. The van der Waals surface area contributed by atoms with E-state index in [2.05, 4.69) is 113 Å². The first-order valence-corrected chi connectivity index (χ1v) is 14.8. The van der Waals surface area contributed by atoms with E-state index in [1.165, 1.54) is 21.7 Å². The number of benzene rings is 4. The molecule has 0 N–H and O–H groups in total. The van der Waals surface area contributed by atoms with E-state index < -0.39 is 0 Å². The molecule has 0 aliphatic heterocycles. The molecule has 0 radical (unpaired) electrons. The van der Waals surface area contributed by atoms with Gasteiger partial charge >= 0.3 is 0 Å². The maximum atomic E-state index is 5.11. The van der Waals surface area contributed by atoms with Crippen LogP contribution in [0.2, 0.25) is 0 Å². The highest BCUT2D eigenvalue weighted by Crippen LogP contribution is 2.52. The molecule has 0 spiro atoms. The van der Waals surface area contributed by atoms with E-state index in [1.807, 2.05) is 36.4 Å². The molecule has 8 rings (SSSR count). The topological polar surface area (TPSA) is 43.6 Å². The van der Waals surface area contributed by atoms with Crippen LogP contribution in [0.4, 0.5) is 0 Å². The molecule has 5 heteroatoms. The van der Waals surface area contributed by atoms with Gasteiger partial charge in [-0.15, -0.1) is 0 Å². The SMILES string of the molecule is CC1(C)c2ccccc2C2C=c3c(n(-c4nc(-c5ccccc5)nc(-c5ccccc5)n4)c4ccc(Br)cc34)=CC21. The number of aromatic nitrogens is 4. The maximum Gasteiger partial charge on any atom is 0.238 e. The minimum Gasteiger partial charge on any atom is -0.278 e. The summed E-state index contributed by atoms with van der Waals surface area (Å²) in [5.41, 5.74) is 5.87. The van der Waals surface area contributed by atoms with Crippen LogP contribution in [0.15, 0.2) is 108 Å². The lowest BCUT2D eigenvalue weighted by atomic mass is 9.74. The molecule has 2 atom stereocenters. The number of fused-ring (bicyclic) bond motifs is 6. The molecular weight excluding hydrogens is 568 g/mol. The molecule has 0 saturated carbocycles. The Kier molecular flexibility index (Phi) is 5.42. The molecule has 0 amide bonds. The Hall–Kier alpha value is -4.35. The van der Waals surface area contributed by atoms with Crippen LogP contribution < -0.4 is 10.6 Å². The van der Waals surface area contributed by atoms with Gasteiger partial charge in [-0.25, -0.2) is 4.98 Å². The van der Waals surface area contributed by atoms with Crippen LogP contribution in [0.25, 0.3) is 51.8 Å². The third-order valence-corrected chi connectivity index (χ3v) is 9.31. The van der Waals surface area contributed by atoms with Gasteiger partial charge in [0.15, 0.2) is 11.6 Å². The highest BCUT2D eigenvalue weighted by molar-refractivity contribution is 9.10. The standard InChI is InChI=1S/C36H27BrN4/c1-36(2)29-16-10-9-15-25(29)26-20-28-27-19-24(37)17-18-31(27)41(32(28)21-30(26)36)35-39-33(22-11-5-3-6-12-22)38-34(40-35)23-13-7-4-8-14-23/h3-21,26,30H,1-2H3. The lowest BCUT2D eigenvalue weighted by Crippen LogP contribution is -2.38. The summed E-state index contributed by atoms with van der Waals surface area (Å²) in [6.07, 6.45) is 4.96. The van der Waals surface area contributed by atoms with Gasteiger partial charge in [0.2, 0.25) is 5.95 Å². The Morgan fingerprint density at radius 3 is 2.02 bits per heavy atom. The molecule has 0 bridgehead atoms. The largest absolute Gasteiger partial charge is 0.278 e. The lowest BCUT2D eigenvalue weighted by molar-refractivity contribution is 0.421. The molecule has 2 unspecified atom stereocenters. The predicted molar refractivity (Wildman–Crippen MR) is 169 cm³/mol. The molecule has 0 fully saturated rings. The van der Waals surface area contributed by atoms with E-state index in [4.69, 9.17) is 15.0 Å². The Bertz CT molecular complexity index is 2040.